The van der Waals surface area contributed by atoms with E-state index in [0.717, 1.165) is 0 Å². The van der Waals surface area contributed by atoms with Crippen LogP contribution in [-0.2, 0) is 9.36 Å². The fraction of sp³-hybridized carbons (Fsp3) is 0.364. The highest BCUT2D eigenvalue weighted by atomic mass is 35.7. The van der Waals surface area contributed by atoms with Gasteiger partial charge in [-0.15, -0.1) is 0 Å². The lowest BCUT2D eigenvalue weighted by atomic mass is 9.83. The molecule has 0 radical (unpaired) electrons. The molecule has 0 heterocycles. The molecule has 0 saturated carbocycles. The van der Waals surface area contributed by atoms with Crippen LogP contribution in [0.25, 0.3) is 0 Å². The maximum Gasteiger partial charge on any atom is 0.419 e. The van der Waals surface area contributed by atoms with Crippen LogP contribution in [0.3, 0.4) is 0 Å². The Morgan fingerprint density at radius 1 is 1.41 bits per heavy atom. The molecule has 0 fully saturated rings. The third-order valence-corrected chi connectivity index (χ3v) is 2.96. The number of non-ortho nitro benzene ring substituents is 1. The first kappa shape index (κ1) is 20.5. The van der Waals surface area contributed by atoms with E-state index in [9.17, 15) is 14.9 Å². The Balaban J connectivity index is 0.000000763. The number of nitro groups is 1. The molecule has 0 spiro atoms. The molecule has 2 unspecified atom stereocenters. The lowest BCUT2D eigenvalue weighted by Gasteiger charge is -2.27. The number of carboxylic acids is 1. The van der Waals surface area contributed by atoms with Crippen molar-refractivity contribution < 1.29 is 29.2 Å². The van der Waals surface area contributed by atoms with Crippen molar-refractivity contribution in [2.24, 2.45) is 5.73 Å². The Morgan fingerprint density at radius 2 is 1.77 bits per heavy atom. The number of hydrogen-bond donors (Lipinski definition) is 4. The smallest absolute Gasteiger partial charge is 0.419 e. The summed E-state index contributed by atoms with van der Waals surface area (Å²) in [7, 11) is 0. The second kappa shape index (κ2) is 7.66. The van der Waals surface area contributed by atoms with E-state index in [0.29, 0.717) is 5.56 Å². The first-order valence-corrected chi connectivity index (χ1v) is 8.30. The van der Waals surface area contributed by atoms with Crippen LogP contribution in [0.15, 0.2) is 24.3 Å². The molecule has 0 aliphatic rings. The molecule has 0 bridgehead atoms. The quantitative estimate of drug-likeness (QED) is 0.361. The molecule has 1 aromatic rings. The minimum Gasteiger partial charge on any atom is -0.480 e. The lowest BCUT2D eigenvalue weighted by Crippen LogP contribution is -2.49. The van der Waals surface area contributed by atoms with E-state index in [1.165, 1.54) is 31.2 Å². The second-order valence-corrected chi connectivity index (χ2v) is 6.90. The number of aliphatic carboxylic acids is 1. The maximum atomic E-state index is 11.0. The molecular weight excluding hydrogens is 339 g/mol. The molecule has 0 aromatic heterocycles. The van der Waals surface area contributed by atoms with Crippen molar-refractivity contribution >= 4 is 29.8 Å². The standard InChI is InChI=1S/C11H14N2O4.ClH2O3P/c1-7(11(2,12)10(14)15)8-3-5-9(6-4-8)13(16)17;1-5(2,3)4/h3-7H,12H2,1-2H3,(H,14,15);(H2,2,3,4). The largest absolute Gasteiger partial charge is 0.480 e. The number of rotatable bonds is 4. The van der Waals surface area contributed by atoms with Crippen molar-refractivity contribution in [3.8, 4) is 0 Å². The van der Waals surface area contributed by atoms with Crippen LogP contribution in [0.5, 0.6) is 0 Å². The van der Waals surface area contributed by atoms with E-state index in [1.54, 1.807) is 6.92 Å². The van der Waals surface area contributed by atoms with Gasteiger partial charge in [0, 0.05) is 29.3 Å². The fourth-order valence-electron chi connectivity index (χ4n) is 1.42. The van der Waals surface area contributed by atoms with Crippen LogP contribution in [0.2, 0.25) is 0 Å². The van der Waals surface area contributed by atoms with Gasteiger partial charge in [-0.3, -0.25) is 14.9 Å². The van der Waals surface area contributed by atoms with Crippen LogP contribution in [0, 0.1) is 10.1 Å². The third kappa shape index (κ3) is 6.97. The number of halogens is 1. The van der Waals surface area contributed by atoms with Crippen LogP contribution < -0.4 is 5.73 Å². The summed E-state index contributed by atoms with van der Waals surface area (Å²) in [5.74, 6) is -1.55. The Bertz CT molecular complexity index is 576. The molecule has 5 N–H and O–H groups in total. The fourth-order valence-corrected chi connectivity index (χ4v) is 1.42. The number of benzene rings is 1. The summed E-state index contributed by atoms with van der Waals surface area (Å²) < 4.78 is 9.09. The Kier molecular flexibility index (Phi) is 7.14. The number of nitro benzene ring substituents is 1. The summed E-state index contributed by atoms with van der Waals surface area (Å²) in [6, 6.07) is 5.72. The van der Waals surface area contributed by atoms with Gasteiger partial charge in [0.1, 0.15) is 5.54 Å². The maximum absolute atomic E-state index is 11.0. The molecule has 124 valence electrons. The molecule has 22 heavy (non-hydrogen) atoms. The third-order valence-electron chi connectivity index (χ3n) is 2.96. The number of hydrogen-bond acceptors (Lipinski definition) is 5. The molecule has 11 heteroatoms. The molecule has 0 saturated heterocycles. The van der Waals surface area contributed by atoms with Crippen molar-refractivity contribution in [2.75, 3.05) is 0 Å². The Morgan fingerprint density at radius 3 is 2.05 bits per heavy atom. The zero-order chi connectivity index (χ0) is 17.7. The zero-order valence-electron chi connectivity index (χ0n) is 11.7. The number of carbonyl (C=O) groups is 1. The van der Waals surface area contributed by atoms with Gasteiger partial charge < -0.3 is 20.6 Å². The molecule has 2 atom stereocenters. The first-order chi connectivity index (χ1) is 9.76. The van der Waals surface area contributed by atoms with Gasteiger partial charge in [-0.1, -0.05) is 19.1 Å². The molecule has 0 aliphatic heterocycles. The Labute approximate surface area is 130 Å². The minimum atomic E-state index is -4.17. The predicted molar refractivity (Wildman–Crippen MR) is 79.6 cm³/mol. The van der Waals surface area contributed by atoms with Gasteiger partial charge in [0.15, 0.2) is 0 Å². The Hall–Kier alpha value is -1.51. The van der Waals surface area contributed by atoms with Gasteiger partial charge in [-0.05, 0) is 12.5 Å². The lowest BCUT2D eigenvalue weighted by molar-refractivity contribution is -0.384. The van der Waals surface area contributed by atoms with Crippen molar-refractivity contribution in [2.45, 2.75) is 25.3 Å². The van der Waals surface area contributed by atoms with Gasteiger partial charge in [0.2, 0.25) is 0 Å². The van der Waals surface area contributed by atoms with Crippen molar-refractivity contribution in [3.05, 3.63) is 39.9 Å². The summed E-state index contributed by atoms with van der Waals surface area (Å²) in [4.78, 5) is 35.7. The highest BCUT2D eigenvalue weighted by Gasteiger charge is 2.35. The predicted octanol–water partition coefficient (Wildman–Crippen LogP) is 1.82. The summed E-state index contributed by atoms with van der Waals surface area (Å²) in [6.07, 6.45) is 0. The van der Waals surface area contributed by atoms with Crippen LogP contribution in [0.4, 0.5) is 5.69 Å². The molecule has 9 nitrogen and oxygen atoms in total. The number of nitrogens with two attached hydrogens (primary N) is 1. The first-order valence-electron chi connectivity index (χ1n) is 5.78. The minimum absolute atomic E-state index is 0.0324. The van der Waals surface area contributed by atoms with Gasteiger partial charge in [0.25, 0.3) is 5.69 Å². The summed E-state index contributed by atoms with van der Waals surface area (Å²) in [5, 5.41) is 19.5. The summed E-state index contributed by atoms with van der Waals surface area (Å²) in [6.45, 7) is -1.07. The number of carboxylic acid groups (broad SMARTS) is 1. The molecule has 1 aromatic carbocycles. The topological polar surface area (TPSA) is 164 Å². The van der Waals surface area contributed by atoms with Crippen molar-refractivity contribution in [3.63, 3.8) is 0 Å². The molecule has 0 aliphatic carbocycles. The molecular formula is C11H16ClN2O7P. The monoisotopic (exact) mass is 354 g/mol. The number of nitrogens with zero attached hydrogens (tertiary/aromatic N) is 1. The van der Waals surface area contributed by atoms with Gasteiger partial charge in [-0.25, -0.2) is 4.57 Å². The van der Waals surface area contributed by atoms with Crippen LogP contribution in [0.1, 0.15) is 25.3 Å². The van der Waals surface area contributed by atoms with Gasteiger partial charge >= 0.3 is 12.9 Å². The van der Waals surface area contributed by atoms with Crippen molar-refractivity contribution in [1.82, 2.24) is 0 Å². The van der Waals surface area contributed by atoms with Gasteiger partial charge in [0.05, 0.1) is 4.92 Å². The zero-order valence-corrected chi connectivity index (χ0v) is 13.4. The average molecular weight is 355 g/mol. The van der Waals surface area contributed by atoms with E-state index in [1.807, 2.05) is 0 Å². The average Bonchev–Trinajstić information content (AvgIpc) is 2.35. The normalized spacial score (nSPS) is 15.0. The van der Waals surface area contributed by atoms with Crippen LogP contribution >= 0.6 is 18.2 Å². The van der Waals surface area contributed by atoms with Crippen LogP contribution in [-0.4, -0.2) is 31.3 Å². The summed E-state index contributed by atoms with van der Waals surface area (Å²) in [5.41, 5.74) is 4.92. The SMILES string of the molecule is CC(c1ccc([N+](=O)[O-])cc1)C(C)(N)C(=O)O.O=P(O)(O)Cl. The van der Waals surface area contributed by atoms with Gasteiger partial charge in [-0.2, -0.15) is 0 Å². The molecule has 0 amide bonds. The summed E-state index contributed by atoms with van der Waals surface area (Å²) >= 11 is 4.20. The van der Waals surface area contributed by atoms with E-state index in [-0.39, 0.29) is 5.69 Å². The van der Waals surface area contributed by atoms with E-state index in [4.69, 9.17) is 25.2 Å². The highest BCUT2D eigenvalue weighted by molar-refractivity contribution is 7.79. The van der Waals surface area contributed by atoms with E-state index >= 15 is 0 Å². The van der Waals surface area contributed by atoms with E-state index < -0.39 is 29.3 Å². The van der Waals surface area contributed by atoms with E-state index in [2.05, 4.69) is 11.2 Å². The second-order valence-electron chi connectivity index (χ2n) is 4.63. The highest BCUT2D eigenvalue weighted by Crippen LogP contribution is 2.39. The van der Waals surface area contributed by atoms with Crippen molar-refractivity contribution in [1.29, 1.82) is 0 Å². The molecule has 1 rings (SSSR count).